The lowest BCUT2D eigenvalue weighted by atomic mass is 9.99. The minimum atomic E-state index is 0.232. The van der Waals surface area contributed by atoms with Crippen LogP contribution < -0.4 is 0 Å². The summed E-state index contributed by atoms with van der Waals surface area (Å²) in [6, 6.07) is 0. The maximum atomic E-state index is 4.39. The molecule has 0 aliphatic heterocycles. The van der Waals surface area contributed by atoms with Crippen molar-refractivity contribution < 1.29 is 0 Å². The molecular weight excluding hydrogens is 142 g/mol. The second kappa shape index (κ2) is 4.02. The fourth-order valence-electron chi connectivity index (χ4n) is 0.752. The smallest absolute Gasteiger partial charge is 0.0726 e. The second-order valence-electron chi connectivity index (χ2n) is 3.23. The second-order valence-corrected chi connectivity index (χ2v) is 4.03. The standard InChI is InChI=1S/C8H17NS/c1-6-9-7(10-5)8(2,3)4/h6H2,1-5H3/b9-7-. The Balaban J connectivity index is 4.21. The molecule has 0 saturated carbocycles. The molecule has 0 atom stereocenters. The lowest BCUT2D eigenvalue weighted by Crippen LogP contribution is -2.16. The Morgan fingerprint density at radius 3 is 2.00 bits per heavy atom. The van der Waals surface area contributed by atoms with Crippen molar-refractivity contribution in [3.05, 3.63) is 0 Å². The van der Waals surface area contributed by atoms with E-state index in [0.29, 0.717) is 0 Å². The minimum absolute atomic E-state index is 0.232. The van der Waals surface area contributed by atoms with Crippen molar-refractivity contribution in [1.29, 1.82) is 0 Å². The summed E-state index contributed by atoms with van der Waals surface area (Å²) in [6.07, 6.45) is 2.08. The highest BCUT2D eigenvalue weighted by molar-refractivity contribution is 8.13. The monoisotopic (exact) mass is 159 g/mol. The molecule has 0 aliphatic carbocycles. The molecule has 0 heterocycles. The first-order valence-electron chi connectivity index (χ1n) is 3.61. The molecular formula is C8H17NS. The summed E-state index contributed by atoms with van der Waals surface area (Å²) in [4.78, 5) is 4.39. The molecule has 0 aromatic rings. The first-order chi connectivity index (χ1) is 4.52. The molecule has 0 saturated heterocycles. The van der Waals surface area contributed by atoms with E-state index in [9.17, 15) is 0 Å². The Morgan fingerprint density at radius 2 is 1.90 bits per heavy atom. The normalized spacial score (nSPS) is 13.9. The minimum Gasteiger partial charge on any atom is -0.283 e. The molecule has 60 valence electrons. The maximum Gasteiger partial charge on any atom is 0.0726 e. The molecule has 1 nitrogen and oxygen atoms in total. The first-order valence-corrected chi connectivity index (χ1v) is 4.83. The average Bonchev–Trinajstić information content (AvgIpc) is 1.80. The van der Waals surface area contributed by atoms with Crippen LogP contribution in [0.25, 0.3) is 0 Å². The van der Waals surface area contributed by atoms with Crippen LogP contribution in [-0.2, 0) is 0 Å². The third-order valence-corrected chi connectivity index (χ3v) is 2.26. The first kappa shape index (κ1) is 10.0. The van der Waals surface area contributed by atoms with Crippen LogP contribution in [0, 0.1) is 5.41 Å². The zero-order valence-electron chi connectivity index (χ0n) is 7.56. The van der Waals surface area contributed by atoms with E-state index >= 15 is 0 Å². The maximum absolute atomic E-state index is 4.39. The molecule has 0 radical (unpaired) electrons. The van der Waals surface area contributed by atoms with Gasteiger partial charge in [0.15, 0.2) is 0 Å². The topological polar surface area (TPSA) is 12.4 Å². The molecule has 0 N–H and O–H groups in total. The van der Waals surface area contributed by atoms with E-state index in [2.05, 4.69) is 38.9 Å². The van der Waals surface area contributed by atoms with Crippen molar-refractivity contribution in [1.82, 2.24) is 0 Å². The molecule has 2 heteroatoms. The van der Waals surface area contributed by atoms with E-state index < -0.39 is 0 Å². The Morgan fingerprint density at radius 1 is 1.40 bits per heavy atom. The molecule has 0 bridgehead atoms. The van der Waals surface area contributed by atoms with Gasteiger partial charge in [0, 0.05) is 12.0 Å². The molecule has 0 aliphatic rings. The Labute approximate surface area is 68.3 Å². The van der Waals surface area contributed by atoms with Crippen LogP contribution >= 0.6 is 11.8 Å². The summed E-state index contributed by atoms with van der Waals surface area (Å²) in [7, 11) is 0. The van der Waals surface area contributed by atoms with E-state index in [1.807, 2.05) is 0 Å². The van der Waals surface area contributed by atoms with Crippen LogP contribution in [0.2, 0.25) is 0 Å². The molecule has 0 amide bonds. The summed E-state index contributed by atoms with van der Waals surface area (Å²) < 4.78 is 0. The number of hydrogen-bond donors (Lipinski definition) is 0. The fraction of sp³-hybridized carbons (Fsp3) is 0.875. The highest BCUT2D eigenvalue weighted by Gasteiger charge is 2.16. The SMILES string of the molecule is CC/N=C(\SC)C(C)(C)C. The number of hydrogen-bond acceptors (Lipinski definition) is 2. The molecule has 0 rings (SSSR count). The predicted molar refractivity (Wildman–Crippen MR) is 50.9 cm³/mol. The lowest BCUT2D eigenvalue weighted by Gasteiger charge is -2.19. The Hall–Kier alpha value is 0.0200. The molecule has 0 aromatic heterocycles. The summed E-state index contributed by atoms with van der Waals surface area (Å²) in [6.45, 7) is 9.55. The summed E-state index contributed by atoms with van der Waals surface area (Å²) in [5.41, 5.74) is 0.232. The number of nitrogens with zero attached hydrogens (tertiary/aromatic N) is 1. The van der Waals surface area contributed by atoms with Gasteiger partial charge in [-0.25, -0.2) is 0 Å². The van der Waals surface area contributed by atoms with Gasteiger partial charge in [0.2, 0.25) is 0 Å². The third-order valence-electron chi connectivity index (χ3n) is 1.14. The van der Waals surface area contributed by atoms with Crippen molar-refractivity contribution in [3.8, 4) is 0 Å². The van der Waals surface area contributed by atoms with Gasteiger partial charge in [-0.1, -0.05) is 20.8 Å². The van der Waals surface area contributed by atoms with Gasteiger partial charge in [-0.15, -0.1) is 11.8 Å². The van der Waals surface area contributed by atoms with Gasteiger partial charge >= 0.3 is 0 Å². The van der Waals surface area contributed by atoms with E-state index in [1.54, 1.807) is 11.8 Å². The highest BCUT2D eigenvalue weighted by Crippen LogP contribution is 2.22. The van der Waals surface area contributed by atoms with Gasteiger partial charge in [0.05, 0.1) is 5.04 Å². The fourth-order valence-corrected chi connectivity index (χ4v) is 1.62. The predicted octanol–water partition coefficient (Wildman–Crippen LogP) is 2.81. The number of rotatable bonds is 1. The molecule has 0 aromatic carbocycles. The molecule has 0 unspecified atom stereocenters. The summed E-state index contributed by atoms with van der Waals surface area (Å²) in [5.74, 6) is 0. The van der Waals surface area contributed by atoms with Crippen molar-refractivity contribution >= 4 is 16.8 Å². The van der Waals surface area contributed by atoms with Crippen molar-refractivity contribution in [2.45, 2.75) is 27.7 Å². The van der Waals surface area contributed by atoms with Gasteiger partial charge in [0.1, 0.15) is 0 Å². The van der Waals surface area contributed by atoms with E-state index in [4.69, 9.17) is 0 Å². The molecule has 0 spiro atoms. The van der Waals surface area contributed by atoms with Crippen molar-refractivity contribution in [2.75, 3.05) is 12.8 Å². The summed E-state index contributed by atoms with van der Waals surface area (Å²) >= 11 is 1.75. The van der Waals surface area contributed by atoms with Gasteiger partial charge in [-0.05, 0) is 13.2 Å². The van der Waals surface area contributed by atoms with E-state index in [1.165, 1.54) is 5.04 Å². The van der Waals surface area contributed by atoms with Crippen molar-refractivity contribution in [3.63, 3.8) is 0 Å². The number of aliphatic imine (C=N–C) groups is 1. The van der Waals surface area contributed by atoms with Crippen LogP contribution in [0.3, 0.4) is 0 Å². The van der Waals surface area contributed by atoms with Crippen molar-refractivity contribution in [2.24, 2.45) is 10.4 Å². The van der Waals surface area contributed by atoms with Crippen LogP contribution in [0.5, 0.6) is 0 Å². The van der Waals surface area contributed by atoms with Crippen LogP contribution in [0.4, 0.5) is 0 Å². The van der Waals surface area contributed by atoms with Gasteiger partial charge in [-0.3, -0.25) is 4.99 Å². The van der Waals surface area contributed by atoms with Gasteiger partial charge in [-0.2, -0.15) is 0 Å². The molecule has 10 heavy (non-hydrogen) atoms. The van der Waals surface area contributed by atoms with Gasteiger partial charge in [0.25, 0.3) is 0 Å². The number of thioether (sulfide) groups is 1. The zero-order chi connectivity index (χ0) is 8.20. The van der Waals surface area contributed by atoms with Gasteiger partial charge < -0.3 is 0 Å². The average molecular weight is 159 g/mol. The van der Waals surface area contributed by atoms with Crippen LogP contribution in [-0.4, -0.2) is 17.8 Å². The molecule has 0 fully saturated rings. The van der Waals surface area contributed by atoms with Crippen LogP contribution in [0.15, 0.2) is 4.99 Å². The highest BCUT2D eigenvalue weighted by atomic mass is 32.2. The van der Waals surface area contributed by atoms with Crippen LogP contribution in [0.1, 0.15) is 27.7 Å². The quantitative estimate of drug-likeness (QED) is 0.423. The Bertz CT molecular complexity index is 122. The Kier molecular flexibility index (Phi) is 4.02. The van der Waals surface area contributed by atoms with E-state index in [-0.39, 0.29) is 5.41 Å². The summed E-state index contributed by atoms with van der Waals surface area (Å²) in [5, 5.41) is 1.25. The largest absolute Gasteiger partial charge is 0.283 e. The third kappa shape index (κ3) is 3.25. The van der Waals surface area contributed by atoms with E-state index in [0.717, 1.165) is 6.54 Å². The zero-order valence-corrected chi connectivity index (χ0v) is 8.38. The lowest BCUT2D eigenvalue weighted by molar-refractivity contribution is 0.599.